The fraction of sp³-hybridized carbons (Fsp3) is 0.600. The van der Waals surface area contributed by atoms with Gasteiger partial charge in [-0.2, -0.15) is 0 Å². The van der Waals surface area contributed by atoms with Gasteiger partial charge in [0, 0.05) is 51.7 Å². The molecule has 2 heterocycles. The van der Waals surface area contributed by atoms with Crippen LogP contribution in [0.4, 0.5) is 0 Å². The second kappa shape index (κ2) is 4.44. The molecule has 1 radical (unpaired) electrons. The Morgan fingerprint density at radius 3 is 2.38 bits per heavy atom. The van der Waals surface area contributed by atoms with Crippen LogP contribution in [0.25, 0.3) is 0 Å². The number of nitrogens with zero attached hydrogens (tertiary/aromatic N) is 3. The summed E-state index contributed by atoms with van der Waals surface area (Å²) in [6.45, 7) is 6.58. The SMILES string of the molecule is c1ccn(CCN2CC[N]CC2)c1. The van der Waals surface area contributed by atoms with E-state index in [4.69, 9.17) is 0 Å². The van der Waals surface area contributed by atoms with Crippen LogP contribution >= 0.6 is 0 Å². The summed E-state index contributed by atoms with van der Waals surface area (Å²) < 4.78 is 2.23. The van der Waals surface area contributed by atoms with Crippen molar-refractivity contribution >= 4 is 0 Å². The molecule has 3 nitrogen and oxygen atoms in total. The predicted molar refractivity (Wildman–Crippen MR) is 52.7 cm³/mol. The topological polar surface area (TPSA) is 22.3 Å². The van der Waals surface area contributed by atoms with Crippen molar-refractivity contribution in [2.75, 3.05) is 32.7 Å². The van der Waals surface area contributed by atoms with E-state index < -0.39 is 0 Å². The third-order valence-corrected chi connectivity index (χ3v) is 2.49. The first-order chi connectivity index (χ1) is 6.45. The highest BCUT2D eigenvalue weighted by atomic mass is 15.2. The first-order valence-corrected chi connectivity index (χ1v) is 4.91. The molecule has 0 aliphatic carbocycles. The number of aromatic nitrogens is 1. The number of piperazine rings is 1. The van der Waals surface area contributed by atoms with Crippen LogP contribution in [0.5, 0.6) is 0 Å². The van der Waals surface area contributed by atoms with Crippen molar-refractivity contribution < 1.29 is 0 Å². The molecule has 3 heteroatoms. The number of hydrogen-bond acceptors (Lipinski definition) is 1. The van der Waals surface area contributed by atoms with Crippen LogP contribution in [0, 0.1) is 0 Å². The molecule has 0 atom stereocenters. The molecule has 0 unspecified atom stereocenters. The van der Waals surface area contributed by atoms with Gasteiger partial charge in [0.1, 0.15) is 0 Å². The maximum Gasteiger partial charge on any atom is 0.0347 e. The van der Waals surface area contributed by atoms with E-state index in [0.717, 1.165) is 39.3 Å². The number of hydrogen-bond donors (Lipinski definition) is 0. The van der Waals surface area contributed by atoms with E-state index in [-0.39, 0.29) is 0 Å². The molecule has 1 saturated heterocycles. The Kier molecular flexibility index (Phi) is 3.00. The summed E-state index contributed by atoms with van der Waals surface area (Å²) in [5.74, 6) is 0. The molecule has 1 fully saturated rings. The maximum absolute atomic E-state index is 4.32. The lowest BCUT2D eigenvalue weighted by Crippen LogP contribution is -2.41. The summed E-state index contributed by atoms with van der Waals surface area (Å²) in [5, 5.41) is 4.32. The minimum atomic E-state index is 1.02. The van der Waals surface area contributed by atoms with E-state index in [0.29, 0.717) is 0 Å². The van der Waals surface area contributed by atoms with Crippen molar-refractivity contribution in [1.82, 2.24) is 14.8 Å². The lowest BCUT2D eigenvalue weighted by atomic mass is 10.3. The highest BCUT2D eigenvalue weighted by Gasteiger charge is 2.08. The smallest absolute Gasteiger partial charge is 0.0347 e. The maximum atomic E-state index is 4.32. The molecule has 2 rings (SSSR count). The van der Waals surface area contributed by atoms with E-state index in [2.05, 4.69) is 39.3 Å². The summed E-state index contributed by atoms with van der Waals surface area (Å²) in [6, 6.07) is 4.15. The molecular weight excluding hydrogens is 162 g/mol. The Balaban J connectivity index is 1.72. The van der Waals surface area contributed by atoms with Gasteiger partial charge in [-0.25, -0.2) is 5.32 Å². The Morgan fingerprint density at radius 2 is 1.69 bits per heavy atom. The second-order valence-electron chi connectivity index (χ2n) is 3.43. The van der Waals surface area contributed by atoms with Crippen molar-refractivity contribution in [3.05, 3.63) is 24.5 Å². The van der Waals surface area contributed by atoms with Crippen molar-refractivity contribution in [3.63, 3.8) is 0 Å². The normalized spacial score (nSPS) is 19.1. The Morgan fingerprint density at radius 1 is 1.00 bits per heavy atom. The average molecular weight is 178 g/mol. The van der Waals surface area contributed by atoms with E-state index in [1.54, 1.807) is 0 Å². The molecule has 0 N–H and O–H groups in total. The van der Waals surface area contributed by atoms with E-state index in [1.165, 1.54) is 0 Å². The minimum absolute atomic E-state index is 1.02. The molecular formula is C10H16N3. The van der Waals surface area contributed by atoms with Gasteiger partial charge in [0.05, 0.1) is 0 Å². The largest absolute Gasteiger partial charge is 0.353 e. The van der Waals surface area contributed by atoms with Gasteiger partial charge in [0.2, 0.25) is 0 Å². The Labute approximate surface area is 79.3 Å². The third kappa shape index (κ3) is 2.57. The quantitative estimate of drug-likeness (QED) is 0.657. The zero-order chi connectivity index (χ0) is 8.93. The molecule has 71 valence electrons. The first-order valence-electron chi connectivity index (χ1n) is 4.91. The minimum Gasteiger partial charge on any atom is -0.353 e. The zero-order valence-electron chi connectivity index (χ0n) is 7.89. The summed E-state index contributed by atoms with van der Waals surface area (Å²) in [5.41, 5.74) is 0. The lowest BCUT2D eigenvalue weighted by molar-refractivity contribution is 0.230. The monoisotopic (exact) mass is 178 g/mol. The van der Waals surface area contributed by atoms with Crippen LogP contribution in [0.1, 0.15) is 0 Å². The van der Waals surface area contributed by atoms with Crippen molar-refractivity contribution in [2.24, 2.45) is 0 Å². The van der Waals surface area contributed by atoms with Gasteiger partial charge in [-0.3, -0.25) is 4.90 Å². The van der Waals surface area contributed by atoms with Gasteiger partial charge in [0.25, 0.3) is 0 Å². The van der Waals surface area contributed by atoms with Crippen LogP contribution in [0.3, 0.4) is 0 Å². The van der Waals surface area contributed by atoms with Gasteiger partial charge in [-0.15, -0.1) is 0 Å². The van der Waals surface area contributed by atoms with Crippen molar-refractivity contribution in [3.8, 4) is 0 Å². The van der Waals surface area contributed by atoms with Gasteiger partial charge in [0.15, 0.2) is 0 Å². The highest BCUT2D eigenvalue weighted by molar-refractivity contribution is 4.90. The average Bonchev–Trinajstić information content (AvgIpc) is 2.69. The molecule has 1 aromatic heterocycles. The van der Waals surface area contributed by atoms with E-state index >= 15 is 0 Å². The summed E-state index contributed by atoms with van der Waals surface area (Å²) in [6.07, 6.45) is 4.24. The number of rotatable bonds is 3. The second-order valence-corrected chi connectivity index (χ2v) is 3.43. The third-order valence-electron chi connectivity index (χ3n) is 2.49. The summed E-state index contributed by atoms with van der Waals surface area (Å²) in [7, 11) is 0. The van der Waals surface area contributed by atoms with Gasteiger partial charge < -0.3 is 4.57 Å². The highest BCUT2D eigenvalue weighted by Crippen LogP contribution is 1.96. The first kappa shape index (κ1) is 8.78. The van der Waals surface area contributed by atoms with Crippen molar-refractivity contribution in [1.29, 1.82) is 0 Å². The Bertz CT molecular complexity index is 224. The Hall–Kier alpha value is -0.800. The van der Waals surface area contributed by atoms with Crippen LogP contribution in [-0.2, 0) is 6.54 Å². The van der Waals surface area contributed by atoms with E-state index in [1.807, 2.05) is 0 Å². The molecule has 1 aromatic rings. The zero-order valence-corrected chi connectivity index (χ0v) is 7.89. The van der Waals surface area contributed by atoms with Crippen molar-refractivity contribution in [2.45, 2.75) is 6.54 Å². The van der Waals surface area contributed by atoms with Crippen LogP contribution in [-0.4, -0.2) is 42.2 Å². The fourth-order valence-electron chi connectivity index (χ4n) is 1.65. The van der Waals surface area contributed by atoms with Gasteiger partial charge in [-0.1, -0.05) is 0 Å². The molecule has 0 aromatic carbocycles. The fourth-order valence-corrected chi connectivity index (χ4v) is 1.65. The van der Waals surface area contributed by atoms with Crippen LogP contribution < -0.4 is 5.32 Å². The predicted octanol–water partition coefficient (Wildman–Crippen LogP) is 0.408. The van der Waals surface area contributed by atoms with E-state index in [9.17, 15) is 0 Å². The summed E-state index contributed by atoms with van der Waals surface area (Å²) >= 11 is 0. The lowest BCUT2D eigenvalue weighted by Gasteiger charge is -2.26. The van der Waals surface area contributed by atoms with Gasteiger partial charge >= 0.3 is 0 Å². The molecule has 1 aliphatic rings. The molecule has 0 spiro atoms. The molecule has 1 aliphatic heterocycles. The van der Waals surface area contributed by atoms with Gasteiger partial charge in [-0.05, 0) is 12.1 Å². The molecule has 13 heavy (non-hydrogen) atoms. The standard InChI is InChI=1S/C10H16N3/c1-2-6-12(5-1)9-10-13-7-3-11-4-8-13/h1-2,5-6H,3-4,7-10H2. The molecule has 0 bridgehead atoms. The molecule has 0 amide bonds. The summed E-state index contributed by atoms with van der Waals surface area (Å²) in [4.78, 5) is 2.48. The molecule has 0 saturated carbocycles. The van der Waals surface area contributed by atoms with Crippen LogP contribution in [0.2, 0.25) is 0 Å². The van der Waals surface area contributed by atoms with Crippen LogP contribution in [0.15, 0.2) is 24.5 Å².